The molecule has 0 aliphatic rings. The van der Waals surface area contributed by atoms with Crippen LogP contribution < -0.4 is 5.73 Å². The van der Waals surface area contributed by atoms with E-state index in [-0.39, 0.29) is 24.2 Å². The Hall–Kier alpha value is -1.11. The van der Waals surface area contributed by atoms with Gasteiger partial charge in [-0.1, -0.05) is 19.0 Å². The van der Waals surface area contributed by atoms with Gasteiger partial charge in [-0.3, -0.25) is 0 Å². The van der Waals surface area contributed by atoms with Gasteiger partial charge in [0.1, 0.15) is 0 Å². The van der Waals surface area contributed by atoms with Crippen LogP contribution in [0.2, 0.25) is 0 Å². The van der Waals surface area contributed by atoms with E-state index in [0.29, 0.717) is 12.3 Å². The number of rotatable bonds is 5. The standard InChI is InChI=1S/C10H16F3N3O/c1-6(2)7(14)5-9-15-8(16-17-9)3-4-10(11,12)13/h6-7H,3-5,14H2,1-2H3. The molecule has 0 spiro atoms. The van der Waals surface area contributed by atoms with E-state index in [1.807, 2.05) is 13.8 Å². The highest BCUT2D eigenvalue weighted by Crippen LogP contribution is 2.21. The van der Waals surface area contributed by atoms with Gasteiger partial charge in [0.15, 0.2) is 5.82 Å². The Labute approximate surface area is 97.4 Å². The summed E-state index contributed by atoms with van der Waals surface area (Å²) < 4.78 is 40.7. The maximum atomic E-state index is 12.0. The summed E-state index contributed by atoms with van der Waals surface area (Å²) in [4.78, 5) is 3.88. The van der Waals surface area contributed by atoms with Crippen LogP contribution in [0.5, 0.6) is 0 Å². The van der Waals surface area contributed by atoms with Gasteiger partial charge in [0, 0.05) is 18.9 Å². The number of hydrogen-bond donors (Lipinski definition) is 1. The largest absolute Gasteiger partial charge is 0.389 e. The average Bonchev–Trinajstić information content (AvgIpc) is 2.61. The number of nitrogens with two attached hydrogens (primary N) is 1. The summed E-state index contributed by atoms with van der Waals surface area (Å²) in [5.74, 6) is 0.622. The van der Waals surface area contributed by atoms with Crippen molar-refractivity contribution in [3.63, 3.8) is 0 Å². The number of nitrogens with zero attached hydrogens (tertiary/aromatic N) is 2. The summed E-state index contributed by atoms with van der Waals surface area (Å²) in [6.45, 7) is 3.90. The Morgan fingerprint density at radius 2 is 2.00 bits per heavy atom. The number of hydrogen-bond acceptors (Lipinski definition) is 4. The van der Waals surface area contributed by atoms with Gasteiger partial charge in [0.25, 0.3) is 0 Å². The van der Waals surface area contributed by atoms with Crippen molar-refractivity contribution < 1.29 is 17.7 Å². The molecule has 4 nitrogen and oxygen atoms in total. The molecule has 2 N–H and O–H groups in total. The first kappa shape index (κ1) is 14.0. The topological polar surface area (TPSA) is 64.9 Å². The molecule has 98 valence electrons. The zero-order valence-corrected chi connectivity index (χ0v) is 9.79. The van der Waals surface area contributed by atoms with Crippen molar-refractivity contribution in [3.05, 3.63) is 11.7 Å². The van der Waals surface area contributed by atoms with Crippen molar-refractivity contribution in [2.75, 3.05) is 0 Å². The fraction of sp³-hybridized carbons (Fsp3) is 0.800. The van der Waals surface area contributed by atoms with E-state index in [1.165, 1.54) is 0 Å². The van der Waals surface area contributed by atoms with E-state index in [0.717, 1.165) is 0 Å². The minimum atomic E-state index is -4.20. The number of halogens is 3. The van der Waals surface area contributed by atoms with Crippen LogP contribution in [0.25, 0.3) is 0 Å². The van der Waals surface area contributed by atoms with E-state index < -0.39 is 12.6 Å². The van der Waals surface area contributed by atoms with Crippen LogP contribution in [0.15, 0.2) is 4.52 Å². The maximum absolute atomic E-state index is 12.0. The zero-order valence-electron chi connectivity index (χ0n) is 9.79. The maximum Gasteiger partial charge on any atom is 0.389 e. The van der Waals surface area contributed by atoms with Crippen molar-refractivity contribution in [1.29, 1.82) is 0 Å². The second-order valence-corrected chi connectivity index (χ2v) is 4.33. The zero-order chi connectivity index (χ0) is 13.1. The molecular formula is C10H16F3N3O. The molecule has 0 bridgehead atoms. The highest BCUT2D eigenvalue weighted by Gasteiger charge is 2.27. The van der Waals surface area contributed by atoms with Crippen molar-refractivity contribution in [1.82, 2.24) is 10.1 Å². The molecule has 0 aliphatic carbocycles. The molecule has 0 saturated carbocycles. The lowest BCUT2D eigenvalue weighted by atomic mass is 10.0. The predicted molar refractivity (Wildman–Crippen MR) is 55.2 cm³/mol. The molecule has 7 heteroatoms. The van der Waals surface area contributed by atoms with E-state index in [9.17, 15) is 13.2 Å². The fourth-order valence-corrected chi connectivity index (χ4v) is 1.17. The Morgan fingerprint density at radius 3 is 2.53 bits per heavy atom. The van der Waals surface area contributed by atoms with Gasteiger partial charge < -0.3 is 10.3 Å². The number of aromatic nitrogens is 2. The van der Waals surface area contributed by atoms with Crippen LogP contribution in [0.4, 0.5) is 13.2 Å². The number of alkyl halides is 3. The first-order valence-electron chi connectivity index (χ1n) is 5.41. The van der Waals surface area contributed by atoms with Gasteiger partial charge in [-0.2, -0.15) is 18.2 Å². The Balaban J connectivity index is 2.48. The summed E-state index contributed by atoms with van der Waals surface area (Å²) in [7, 11) is 0. The fourth-order valence-electron chi connectivity index (χ4n) is 1.17. The second-order valence-electron chi connectivity index (χ2n) is 4.33. The summed E-state index contributed by atoms with van der Waals surface area (Å²) >= 11 is 0. The van der Waals surface area contributed by atoms with Crippen molar-refractivity contribution in [2.45, 2.75) is 45.3 Å². The number of aryl methyl sites for hydroxylation is 1. The molecule has 0 aromatic carbocycles. The van der Waals surface area contributed by atoms with Crippen molar-refractivity contribution in [2.24, 2.45) is 11.7 Å². The summed E-state index contributed by atoms with van der Waals surface area (Å²) in [6.07, 6.45) is -5.02. The normalized spacial score (nSPS) is 14.3. The summed E-state index contributed by atoms with van der Waals surface area (Å²) in [5, 5.41) is 3.49. The molecule has 1 rings (SSSR count). The van der Waals surface area contributed by atoms with Gasteiger partial charge in [-0.25, -0.2) is 0 Å². The molecule has 1 aromatic heterocycles. The van der Waals surface area contributed by atoms with Crippen LogP contribution in [0.3, 0.4) is 0 Å². The molecule has 0 fully saturated rings. The van der Waals surface area contributed by atoms with Crippen LogP contribution in [0.1, 0.15) is 32.0 Å². The van der Waals surface area contributed by atoms with Gasteiger partial charge in [0.2, 0.25) is 5.89 Å². The van der Waals surface area contributed by atoms with E-state index >= 15 is 0 Å². The highest BCUT2D eigenvalue weighted by atomic mass is 19.4. The molecule has 0 radical (unpaired) electrons. The third-order valence-electron chi connectivity index (χ3n) is 2.41. The quantitative estimate of drug-likeness (QED) is 0.870. The lowest BCUT2D eigenvalue weighted by molar-refractivity contribution is -0.134. The predicted octanol–water partition coefficient (Wildman–Crippen LogP) is 2.09. The molecule has 0 saturated heterocycles. The minimum Gasteiger partial charge on any atom is -0.339 e. The van der Waals surface area contributed by atoms with Gasteiger partial charge >= 0.3 is 6.18 Å². The van der Waals surface area contributed by atoms with Crippen LogP contribution in [0, 0.1) is 5.92 Å². The molecular weight excluding hydrogens is 235 g/mol. The lowest BCUT2D eigenvalue weighted by Gasteiger charge is -2.11. The van der Waals surface area contributed by atoms with Crippen LogP contribution >= 0.6 is 0 Å². The Kier molecular flexibility index (Phi) is 4.50. The smallest absolute Gasteiger partial charge is 0.339 e. The van der Waals surface area contributed by atoms with Gasteiger partial charge in [0.05, 0.1) is 6.42 Å². The lowest BCUT2D eigenvalue weighted by Crippen LogP contribution is -2.28. The van der Waals surface area contributed by atoms with Crippen LogP contribution in [-0.2, 0) is 12.8 Å². The first-order valence-corrected chi connectivity index (χ1v) is 5.41. The SMILES string of the molecule is CC(C)C(N)Cc1nc(CCC(F)(F)F)no1. The van der Waals surface area contributed by atoms with E-state index in [4.69, 9.17) is 10.3 Å². The first-order chi connectivity index (χ1) is 7.78. The van der Waals surface area contributed by atoms with Gasteiger partial charge in [-0.05, 0) is 5.92 Å². The second kappa shape index (κ2) is 5.48. The third-order valence-corrected chi connectivity index (χ3v) is 2.41. The molecule has 17 heavy (non-hydrogen) atoms. The van der Waals surface area contributed by atoms with E-state index in [1.54, 1.807) is 0 Å². The highest BCUT2D eigenvalue weighted by molar-refractivity contribution is 4.90. The van der Waals surface area contributed by atoms with Gasteiger partial charge in [-0.15, -0.1) is 0 Å². The van der Waals surface area contributed by atoms with E-state index in [2.05, 4.69) is 10.1 Å². The molecule has 1 atom stereocenters. The Morgan fingerprint density at radius 1 is 1.35 bits per heavy atom. The molecule has 0 amide bonds. The molecule has 0 aliphatic heterocycles. The summed E-state index contributed by atoms with van der Waals surface area (Å²) in [6, 6.07) is -0.133. The monoisotopic (exact) mass is 251 g/mol. The van der Waals surface area contributed by atoms with Crippen molar-refractivity contribution in [3.8, 4) is 0 Å². The average molecular weight is 251 g/mol. The molecule has 1 heterocycles. The Bertz CT molecular complexity index is 349. The molecule has 1 unspecified atom stereocenters. The molecule has 1 aromatic rings. The third kappa shape index (κ3) is 5.16. The minimum absolute atomic E-state index is 0.0771. The summed E-state index contributed by atoms with van der Waals surface area (Å²) in [5.41, 5.74) is 5.79. The van der Waals surface area contributed by atoms with Crippen LogP contribution in [-0.4, -0.2) is 22.4 Å². The van der Waals surface area contributed by atoms with Crippen molar-refractivity contribution >= 4 is 0 Å².